The lowest BCUT2D eigenvalue weighted by Gasteiger charge is -2.35. The Hall–Kier alpha value is -5.36. The fourth-order valence-electron chi connectivity index (χ4n) is 7.50. The van der Waals surface area contributed by atoms with Crippen molar-refractivity contribution in [3.05, 3.63) is 107 Å². The number of aryl methyl sites for hydroxylation is 2. The molecule has 3 N–H and O–H groups in total. The summed E-state index contributed by atoms with van der Waals surface area (Å²) in [6.07, 6.45) is 5.41. The second kappa shape index (κ2) is 23.7. The van der Waals surface area contributed by atoms with Crippen molar-refractivity contribution >= 4 is 39.8 Å². The maximum absolute atomic E-state index is 14.0. The van der Waals surface area contributed by atoms with E-state index in [1.807, 2.05) is 95.8 Å². The fourth-order valence-corrected chi connectivity index (χ4v) is 8.31. The van der Waals surface area contributed by atoms with Crippen LogP contribution in [0.4, 0.5) is 0 Å². The molecule has 0 radical (unpaired) electrons. The molecule has 0 spiro atoms. The van der Waals surface area contributed by atoms with Gasteiger partial charge in [0.05, 0.1) is 74.5 Å². The molecule has 348 valence electrons. The lowest BCUT2D eigenvalue weighted by atomic mass is 9.85. The number of ether oxygens (including phenoxy) is 5. The van der Waals surface area contributed by atoms with Crippen LogP contribution >= 0.6 is 11.3 Å². The molecule has 15 nitrogen and oxygen atoms in total. The lowest BCUT2D eigenvalue weighted by molar-refractivity contribution is -0.144. The summed E-state index contributed by atoms with van der Waals surface area (Å²) in [6, 6.07) is 16.1. The number of likely N-dealkylation sites (tertiary alicyclic amines) is 1. The minimum atomic E-state index is -0.964. The van der Waals surface area contributed by atoms with Gasteiger partial charge < -0.3 is 44.3 Å². The number of β-amino-alcohol motifs (C(OH)–C–C–N with tert-alkyl or cyclic N) is 1. The van der Waals surface area contributed by atoms with E-state index in [1.54, 1.807) is 17.5 Å². The molecule has 6 rings (SSSR count). The number of fused-ring (bicyclic) bond motifs is 1. The van der Waals surface area contributed by atoms with Gasteiger partial charge in [-0.15, -0.1) is 11.3 Å². The van der Waals surface area contributed by atoms with Gasteiger partial charge in [0.25, 0.3) is 0 Å². The Morgan fingerprint density at radius 3 is 2.22 bits per heavy atom. The summed E-state index contributed by atoms with van der Waals surface area (Å²) in [6.45, 7) is 13.8. The average Bonchev–Trinajstić information content (AvgIpc) is 3.91. The van der Waals surface area contributed by atoms with Gasteiger partial charge in [-0.2, -0.15) is 0 Å². The highest BCUT2D eigenvalue weighted by molar-refractivity contribution is 7.13. The molecule has 16 heteroatoms. The van der Waals surface area contributed by atoms with Crippen LogP contribution in [0.1, 0.15) is 68.2 Å². The smallest absolute Gasteiger partial charge is 0.246 e. The largest absolute Gasteiger partial charge is 0.491 e. The van der Waals surface area contributed by atoms with Gasteiger partial charge >= 0.3 is 0 Å². The van der Waals surface area contributed by atoms with E-state index in [1.165, 1.54) is 10.5 Å². The number of amides is 3. The number of aliphatic hydroxyl groups excluding tert-OH is 1. The SMILES string of the molecule is Cc1cnc(Cc2ccc3cnccc3c2)cc1OCCOCCOCCOCCOCC(=O)N[C@H](C(=O)N1C[C@H](O)C[C@H]1C(=O)N[C@@H](C)c1ccc(-c2scnc2C)cc1)C(C)(C)C. The average molecular weight is 911 g/mol. The molecule has 5 aromatic rings. The molecule has 1 aliphatic heterocycles. The van der Waals surface area contributed by atoms with Crippen LogP contribution < -0.4 is 15.4 Å². The van der Waals surface area contributed by atoms with Gasteiger partial charge in [0.15, 0.2) is 0 Å². The van der Waals surface area contributed by atoms with E-state index in [2.05, 4.69) is 43.8 Å². The van der Waals surface area contributed by atoms with Crippen LogP contribution in [0.15, 0.2) is 78.7 Å². The number of rotatable bonds is 23. The molecule has 0 bridgehead atoms. The van der Waals surface area contributed by atoms with Gasteiger partial charge in [-0.05, 0) is 54.3 Å². The van der Waals surface area contributed by atoms with Gasteiger partial charge in [0, 0.05) is 60.7 Å². The second-order valence-corrected chi connectivity index (χ2v) is 18.1. The summed E-state index contributed by atoms with van der Waals surface area (Å²) >= 11 is 1.57. The van der Waals surface area contributed by atoms with E-state index < -0.39 is 35.4 Å². The zero-order valence-corrected chi connectivity index (χ0v) is 39.0. The Kier molecular flexibility index (Phi) is 17.9. The minimum absolute atomic E-state index is 0.0167. The molecule has 0 aliphatic carbocycles. The third kappa shape index (κ3) is 14.3. The van der Waals surface area contributed by atoms with Gasteiger partial charge in [0.2, 0.25) is 17.7 Å². The lowest BCUT2D eigenvalue weighted by Crippen LogP contribution is -2.58. The standard InChI is InChI=1S/C49H62N6O9S/c1-32-27-51-40(24-35-7-8-39-28-50-14-13-38(39)23-35)25-43(32)64-22-21-62-18-17-60-15-16-61-19-20-63-30-44(57)54-46(49(4,5)6)48(59)55-29-41(56)26-42(55)47(58)53-33(2)36-9-11-37(12-10-36)45-34(3)52-31-65-45/h7-14,23,25,27-28,31,33,41-42,46,56H,15-22,24,26,29-30H2,1-6H3,(H,53,58)(H,54,57)/t33-,41+,42-,46+/m0/s1. The Balaban J connectivity index is 0.821. The van der Waals surface area contributed by atoms with Crippen LogP contribution in [0.25, 0.3) is 21.2 Å². The summed E-state index contributed by atoms with van der Waals surface area (Å²) in [4.78, 5) is 56.1. The number of pyridine rings is 2. The van der Waals surface area contributed by atoms with E-state index >= 15 is 0 Å². The Morgan fingerprint density at radius 2 is 1.54 bits per heavy atom. The Bertz CT molecular complexity index is 2340. The number of aromatic nitrogens is 3. The molecule has 1 saturated heterocycles. The molecule has 65 heavy (non-hydrogen) atoms. The number of nitrogens with one attached hydrogen (secondary N) is 2. The number of nitrogens with zero attached hydrogens (tertiary/aromatic N) is 4. The van der Waals surface area contributed by atoms with Gasteiger partial charge in [-0.1, -0.05) is 63.2 Å². The first-order valence-electron chi connectivity index (χ1n) is 22.1. The second-order valence-electron chi connectivity index (χ2n) is 17.3. The summed E-state index contributed by atoms with van der Waals surface area (Å²) in [5, 5.41) is 18.7. The first-order valence-corrected chi connectivity index (χ1v) is 23.0. The third-order valence-corrected chi connectivity index (χ3v) is 12.1. The topological polar surface area (TPSA) is 184 Å². The van der Waals surface area contributed by atoms with Crippen LogP contribution in [-0.2, 0) is 39.8 Å². The zero-order valence-electron chi connectivity index (χ0n) is 38.2. The molecule has 0 unspecified atom stereocenters. The molecule has 3 amide bonds. The predicted octanol–water partition coefficient (Wildman–Crippen LogP) is 5.78. The van der Waals surface area contributed by atoms with E-state index in [-0.39, 0.29) is 44.7 Å². The summed E-state index contributed by atoms with van der Waals surface area (Å²) < 4.78 is 28.4. The molecule has 0 saturated carbocycles. The number of benzene rings is 2. The van der Waals surface area contributed by atoms with Crippen molar-refractivity contribution in [2.24, 2.45) is 5.41 Å². The van der Waals surface area contributed by atoms with Crippen molar-refractivity contribution in [1.82, 2.24) is 30.5 Å². The van der Waals surface area contributed by atoms with Gasteiger partial charge in [0.1, 0.15) is 31.0 Å². The van der Waals surface area contributed by atoms with Crippen molar-refractivity contribution in [2.75, 3.05) is 66.0 Å². The van der Waals surface area contributed by atoms with Crippen molar-refractivity contribution in [3.63, 3.8) is 0 Å². The Morgan fingerprint density at radius 1 is 0.846 bits per heavy atom. The number of hydrogen-bond acceptors (Lipinski definition) is 13. The van der Waals surface area contributed by atoms with Crippen LogP contribution in [0.2, 0.25) is 0 Å². The monoisotopic (exact) mass is 910 g/mol. The van der Waals surface area contributed by atoms with E-state index in [0.717, 1.165) is 49.5 Å². The van der Waals surface area contributed by atoms with E-state index in [9.17, 15) is 19.5 Å². The van der Waals surface area contributed by atoms with Crippen LogP contribution in [-0.4, -0.2) is 127 Å². The maximum Gasteiger partial charge on any atom is 0.246 e. The first kappa shape index (κ1) is 49.1. The Labute approximate surface area is 385 Å². The quantitative estimate of drug-likeness (QED) is 0.0674. The maximum atomic E-state index is 14.0. The summed E-state index contributed by atoms with van der Waals surface area (Å²) in [5.41, 5.74) is 7.09. The normalized spacial score (nSPS) is 16.1. The zero-order chi connectivity index (χ0) is 46.3. The van der Waals surface area contributed by atoms with E-state index in [0.29, 0.717) is 46.1 Å². The number of thiazole rings is 1. The highest BCUT2D eigenvalue weighted by Crippen LogP contribution is 2.30. The van der Waals surface area contributed by atoms with Crippen molar-refractivity contribution in [3.8, 4) is 16.2 Å². The number of carbonyl (C=O) groups is 3. The highest BCUT2D eigenvalue weighted by Gasteiger charge is 2.44. The molecule has 4 atom stereocenters. The van der Waals surface area contributed by atoms with Crippen LogP contribution in [0.3, 0.4) is 0 Å². The van der Waals surface area contributed by atoms with Gasteiger partial charge in [-0.25, -0.2) is 4.98 Å². The molecule has 1 fully saturated rings. The van der Waals surface area contributed by atoms with Crippen LogP contribution in [0.5, 0.6) is 5.75 Å². The summed E-state index contributed by atoms with van der Waals surface area (Å²) in [7, 11) is 0. The van der Waals surface area contributed by atoms with Crippen molar-refractivity contribution in [2.45, 2.75) is 78.6 Å². The predicted molar refractivity (Wildman–Crippen MR) is 249 cm³/mol. The van der Waals surface area contributed by atoms with E-state index in [4.69, 9.17) is 23.7 Å². The van der Waals surface area contributed by atoms with Crippen molar-refractivity contribution in [1.29, 1.82) is 0 Å². The number of carbonyl (C=O) groups excluding carboxylic acids is 3. The molecule has 4 heterocycles. The molecule has 3 aromatic heterocycles. The molecular formula is C49H62N6O9S. The highest BCUT2D eigenvalue weighted by atomic mass is 32.1. The molecular weight excluding hydrogens is 849 g/mol. The number of hydrogen-bond donors (Lipinski definition) is 3. The van der Waals surface area contributed by atoms with Gasteiger partial charge in [-0.3, -0.25) is 24.4 Å². The summed E-state index contributed by atoms with van der Waals surface area (Å²) in [5.74, 6) is -0.504. The molecule has 1 aliphatic rings. The number of aliphatic hydroxyl groups is 1. The van der Waals surface area contributed by atoms with Crippen LogP contribution in [0, 0.1) is 19.3 Å². The molecule has 2 aromatic carbocycles. The first-order chi connectivity index (χ1) is 31.3. The minimum Gasteiger partial charge on any atom is -0.491 e. The third-order valence-electron chi connectivity index (χ3n) is 11.1. The van der Waals surface area contributed by atoms with Crippen molar-refractivity contribution < 1.29 is 43.2 Å². The fraction of sp³-hybridized carbons (Fsp3) is 0.469.